The Balaban J connectivity index is 1.38. The van der Waals surface area contributed by atoms with Crippen molar-refractivity contribution in [3.05, 3.63) is 70.5 Å². The first kappa shape index (κ1) is 25.1. The molecule has 1 saturated heterocycles. The van der Waals surface area contributed by atoms with Crippen molar-refractivity contribution in [2.24, 2.45) is 7.05 Å². The minimum absolute atomic E-state index is 0.0669. The molecule has 0 spiro atoms. The lowest BCUT2D eigenvalue weighted by molar-refractivity contribution is -0.117. The van der Waals surface area contributed by atoms with Gasteiger partial charge in [0.05, 0.1) is 25.0 Å². The Morgan fingerprint density at radius 2 is 1.89 bits per heavy atom. The number of benzene rings is 1. The number of hydrogen-bond donors (Lipinski definition) is 0. The van der Waals surface area contributed by atoms with Crippen molar-refractivity contribution in [3.63, 3.8) is 0 Å². The van der Waals surface area contributed by atoms with Crippen molar-refractivity contribution in [3.8, 4) is 11.3 Å². The van der Waals surface area contributed by atoms with Crippen LogP contribution in [0.3, 0.4) is 0 Å². The van der Waals surface area contributed by atoms with Crippen LogP contribution < -0.4 is 15.4 Å². The summed E-state index contributed by atoms with van der Waals surface area (Å²) in [7, 11) is 1.66. The predicted octanol–water partition coefficient (Wildman–Crippen LogP) is 4.24. The van der Waals surface area contributed by atoms with Crippen LogP contribution in [-0.2, 0) is 16.6 Å². The van der Waals surface area contributed by atoms with E-state index in [9.17, 15) is 14.0 Å². The van der Waals surface area contributed by atoms with Crippen LogP contribution in [0, 0.1) is 5.82 Å². The molecule has 0 unspecified atom stereocenters. The summed E-state index contributed by atoms with van der Waals surface area (Å²) in [6.45, 7) is 3.13. The summed E-state index contributed by atoms with van der Waals surface area (Å²) in [6.07, 6.45) is 7.98. The SMILES string of the molecule is CC(=O)N(c1ccc([C@H]2CN(c3nc(-c4ccncc4F)cc(=O)n3C)CCO2)cc1)C1CCCCC1. The molecule has 194 valence electrons. The van der Waals surface area contributed by atoms with Crippen LogP contribution in [0.2, 0.25) is 0 Å². The summed E-state index contributed by atoms with van der Waals surface area (Å²) in [5.74, 6) is 0.00270. The number of aromatic nitrogens is 3. The van der Waals surface area contributed by atoms with Gasteiger partial charge in [0.15, 0.2) is 5.82 Å². The van der Waals surface area contributed by atoms with E-state index in [0.717, 1.165) is 43.1 Å². The molecule has 9 heteroatoms. The molecule has 1 atom stereocenters. The number of carbonyl (C=O) groups is 1. The van der Waals surface area contributed by atoms with Crippen LogP contribution >= 0.6 is 0 Å². The fourth-order valence-electron chi connectivity index (χ4n) is 5.40. The number of amides is 1. The third kappa shape index (κ3) is 5.27. The topological polar surface area (TPSA) is 80.6 Å². The summed E-state index contributed by atoms with van der Waals surface area (Å²) in [6, 6.07) is 11.1. The zero-order valence-electron chi connectivity index (χ0n) is 21.3. The van der Waals surface area contributed by atoms with Gasteiger partial charge in [-0.3, -0.25) is 19.1 Å². The molecule has 37 heavy (non-hydrogen) atoms. The van der Waals surface area contributed by atoms with Gasteiger partial charge >= 0.3 is 0 Å². The van der Waals surface area contributed by atoms with E-state index in [2.05, 4.69) is 9.97 Å². The highest BCUT2D eigenvalue weighted by molar-refractivity contribution is 5.92. The van der Waals surface area contributed by atoms with Gasteiger partial charge in [-0.25, -0.2) is 9.37 Å². The Labute approximate surface area is 215 Å². The minimum Gasteiger partial charge on any atom is -0.370 e. The normalized spacial score (nSPS) is 18.6. The Morgan fingerprint density at radius 3 is 2.59 bits per heavy atom. The van der Waals surface area contributed by atoms with Crippen molar-refractivity contribution in [1.29, 1.82) is 0 Å². The average molecular weight is 506 g/mol. The molecule has 3 heterocycles. The number of pyridine rings is 1. The Kier molecular flexibility index (Phi) is 7.32. The second-order valence-corrected chi connectivity index (χ2v) is 9.77. The quantitative estimate of drug-likeness (QED) is 0.516. The highest BCUT2D eigenvalue weighted by Gasteiger charge is 2.27. The molecule has 8 nitrogen and oxygen atoms in total. The number of anilines is 2. The zero-order chi connectivity index (χ0) is 25.9. The van der Waals surface area contributed by atoms with E-state index in [4.69, 9.17) is 4.74 Å². The number of morpholine rings is 1. The molecule has 1 saturated carbocycles. The molecule has 0 bridgehead atoms. The first-order chi connectivity index (χ1) is 17.9. The summed E-state index contributed by atoms with van der Waals surface area (Å²) in [5, 5.41) is 0. The summed E-state index contributed by atoms with van der Waals surface area (Å²) >= 11 is 0. The summed E-state index contributed by atoms with van der Waals surface area (Å²) in [4.78, 5) is 37.6. The van der Waals surface area contributed by atoms with Crippen molar-refractivity contribution < 1.29 is 13.9 Å². The van der Waals surface area contributed by atoms with Crippen LogP contribution in [-0.4, -0.2) is 46.2 Å². The first-order valence-electron chi connectivity index (χ1n) is 12.9. The second-order valence-electron chi connectivity index (χ2n) is 9.77. The van der Waals surface area contributed by atoms with Gasteiger partial charge in [-0.1, -0.05) is 31.4 Å². The van der Waals surface area contributed by atoms with Crippen LogP contribution in [0.5, 0.6) is 0 Å². The summed E-state index contributed by atoms with van der Waals surface area (Å²) < 4.78 is 21.9. The molecule has 1 aliphatic heterocycles. The van der Waals surface area contributed by atoms with Gasteiger partial charge in [0.2, 0.25) is 11.9 Å². The molecule has 2 aliphatic rings. The monoisotopic (exact) mass is 505 g/mol. The van der Waals surface area contributed by atoms with Crippen LogP contribution in [0.1, 0.15) is 50.7 Å². The molecule has 0 radical (unpaired) electrons. The minimum atomic E-state index is -0.526. The Bertz CT molecular complexity index is 1320. The smallest absolute Gasteiger partial charge is 0.255 e. The number of carbonyl (C=O) groups excluding carboxylic acids is 1. The molecule has 2 fully saturated rings. The first-order valence-corrected chi connectivity index (χ1v) is 12.9. The fraction of sp³-hybridized carbons (Fsp3) is 0.429. The molecular weight excluding hydrogens is 473 g/mol. The third-order valence-corrected chi connectivity index (χ3v) is 7.33. The molecule has 1 amide bonds. The molecule has 2 aromatic heterocycles. The standard InChI is InChI=1S/C28H32FN5O3/c1-19(35)34(21-6-4-3-5-7-21)22-10-8-20(9-11-22)26-18-33(14-15-37-26)28-31-25(16-27(36)32(28)2)23-12-13-30-17-24(23)29/h8-13,16-17,21,26H,3-7,14-15,18H2,1-2H3/t26-/m1/s1. The molecule has 0 N–H and O–H groups in total. The van der Waals surface area contributed by atoms with Gasteiger partial charge in [0, 0.05) is 50.1 Å². The Morgan fingerprint density at radius 1 is 1.14 bits per heavy atom. The Hall–Kier alpha value is -3.59. The fourth-order valence-corrected chi connectivity index (χ4v) is 5.40. The van der Waals surface area contributed by atoms with E-state index in [1.807, 2.05) is 34.1 Å². The van der Waals surface area contributed by atoms with E-state index >= 15 is 0 Å². The van der Waals surface area contributed by atoms with Gasteiger partial charge in [-0.15, -0.1) is 0 Å². The maximum absolute atomic E-state index is 14.4. The number of halogens is 1. The number of ether oxygens (including phenoxy) is 1. The van der Waals surface area contributed by atoms with Crippen LogP contribution in [0.25, 0.3) is 11.3 Å². The second kappa shape index (κ2) is 10.8. The van der Waals surface area contributed by atoms with Gasteiger partial charge in [-0.05, 0) is 36.6 Å². The lowest BCUT2D eigenvalue weighted by Gasteiger charge is -2.35. The molecule has 5 rings (SSSR count). The third-order valence-electron chi connectivity index (χ3n) is 7.33. The maximum atomic E-state index is 14.4. The molecule has 1 aromatic carbocycles. The highest BCUT2D eigenvalue weighted by atomic mass is 19.1. The van der Waals surface area contributed by atoms with Gasteiger partial charge in [0.1, 0.15) is 6.10 Å². The van der Waals surface area contributed by atoms with E-state index in [1.165, 1.54) is 29.3 Å². The maximum Gasteiger partial charge on any atom is 0.255 e. The van der Waals surface area contributed by atoms with E-state index < -0.39 is 5.82 Å². The van der Waals surface area contributed by atoms with Gasteiger partial charge in [0.25, 0.3) is 5.56 Å². The van der Waals surface area contributed by atoms with Gasteiger partial charge < -0.3 is 14.5 Å². The number of nitrogens with zero attached hydrogens (tertiary/aromatic N) is 5. The molecule has 1 aliphatic carbocycles. The van der Waals surface area contributed by atoms with E-state index in [1.54, 1.807) is 14.0 Å². The van der Waals surface area contributed by atoms with Crippen molar-refractivity contribution >= 4 is 17.5 Å². The zero-order valence-corrected chi connectivity index (χ0v) is 21.3. The largest absolute Gasteiger partial charge is 0.370 e. The average Bonchev–Trinajstić information content (AvgIpc) is 2.91. The predicted molar refractivity (Wildman–Crippen MR) is 140 cm³/mol. The molecule has 3 aromatic rings. The lowest BCUT2D eigenvalue weighted by atomic mass is 9.93. The molecular formula is C28H32FN5O3. The highest BCUT2D eigenvalue weighted by Crippen LogP contribution is 2.31. The number of hydrogen-bond acceptors (Lipinski definition) is 6. The van der Waals surface area contributed by atoms with Crippen LogP contribution in [0.15, 0.2) is 53.6 Å². The van der Waals surface area contributed by atoms with Crippen molar-refractivity contribution in [2.75, 3.05) is 29.5 Å². The van der Waals surface area contributed by atoms with Crippen molar-refractivity contribution in [2.45, 2.75) is 51.2 Å². The lowest BCUT2D eigenvalue weighted by Crippen LogP contribution is -2.42. The van der Waals surface area contributed by atoms with E-state index in [0.29, 0.717) is 25.6 Å². The van der Waals surface area contributed by atoms with E-state index in [-0.39, 0.29) is 34.9 Å². The number of rotatable bonds is 5. The summed E-state index contributed by atoms with van der Waals surface area (Å²) in [5.41, 5.74) is 2.14. The van der Waals surface area contributed by atoms with Gasteiger partial charge in [-0.2, -0.15) is 0 Å². The van der Waals surface area contributed by atoms with Crippen molar-refractivity contribution in [1.82, 2.24) is 14.5 Å². The van der Waals surface area contributed by atoms with Crippen LogP contribution in [0.4, 0.5) is 16.0 Å².